The Kier molecular flexibility index (Phi) is 2.97. The monoisotopic (exact) mass is 287 g/mol. The van der Waals surface area contributed by atoms with Crippen molar-refractivity contribution in [1.82, 2.24) is 4.98 Å². The van der Waals surface area contributed by atoms with Crippen molar-refractivity contribution in [2.24, 2.45) is 0 Å². The van der Waals surface area contributed by atoms with E-state index in [1.54, 1.807) is 0 Å². The van der Waals surface area contributed by atoms with E-state index in [0.717, 1.165) is 40.8 Å². The molecule has 0 aliphatic heterocycles. The number of Topliss-reactive ketones (excluding diaryl/α,β-unsaturated/α-hetero) is 1. The van der Waals surface area contributed by atoms with Crippen molar-refractivity contribution in [1.29, 1.82) is 0 Å². The predicted octanol–water partition coefficient (Wildman–Crippen LogP) is 4.69. The maximum Gasteiger partial charge on any atom is 0.189 e. The SMILES string of the molecule is Cc1[nH]c2ccccc2c1/C=C1\CCc2ccccc2C1=O. The van der Waals surface area contributed by atoms with Crippen molar-refractivity contribution >= 4 is 22.8 Å². The molecule has 3 aromatic rings. The third-order valence-electron chi connectivity index (χ3n) is 4.48. The minimum atomic E-state index is 0.173. The molecule has 4 rings (SSSR count). The number of fused-ring (bicyclic) bond motifs is 2. The summed E-state index contributed by atoms with van der Waals surface area (Å²) in [6.45, 7) is 2.06. The molecule has 0 radical (unpaired) electrons. The molecule has 0 atom stereocenters. The second-order valence-electron chi connectivity index (χ2n) is 5.87. The Balaban J connectivity index is 1.83. The number of para-hydroxylation sites is 1. The fourth-order valence-corrected chi connectivity index (χ4v) is 3.31. The van der Waals surface area contributed by atoms with Crippen LogP contribution in [-0.4, -0.2) is 10.8 Å². The van der Waals surface area contributed by atoms with E-state index in [0.29, 0.717) is 0 Å². The maximum atomic E-state index is 12.7. The van der Waals surface area contributed by atoms with Gasteiger partial charge in [0.05, 0.1) is 0 Å². The molecule has 2 nitrogen and oxygen atoms in total. The van der Waals surface area contributed by atoms with Gasteiger partial charge in [-0.15, -0.1) is 0 Å². The summed E-state index contributed by atoms with van der Waals surface area (Å²) < 4.78 is 0. The number of H-pyrrole nitrogens is 1. The summed E-state index contributed by atoms with van der Waals surface area (Å²) in [7, 11) is 0. The summed E-state index contributed by atoms with van der Waals surface area (Å²) in [5.41, 5.74) is 6.30. The molecule has 2 aromatic carbocycles. The van der Waals surface area contributed by atoms with Crippen molar-refractivity contribution in [3.63, 3.8) is 0 Å². The second-order valence-corrected chi connectivity index (χ2v) is 5.87. The number of hydrogen-bond donors (Lipinski definition) is 1. The number of benzene rings is 2. The van der Waals surface area contributed by atoms with E-state index in [4.69, 9.17) is 0 Å². The van der Waals surface area contributed by atoms with Crippen LogP contribution in [0.2, 0.25) is 0 Å². The van der Waals surface area contributed by atoms with E-state index < -0.39 is 0 Å². The summed E-state index contributed by atoms with van der Waals surface area (Å²) in [5, 5.41) is 1.18. The van der Waals surface area contributed by atoms with Crippen molar-refractivity contribution in [3.05, 3.63) is 76.5 Å². The van der Waals surface area contributed by atoms with E-state index in [9.17, 15) is 4.79 Å². The highest BCUT2D eigenvalue weighted by Gasteiger charge is 2.21. The highest BCUT2D eigenvalue weighted by atomic mass is 16.1. The summed E-state index contributed by atoms with van der Waals surface area (Å²) >= 11 is 0. The van der Waals surface area contributed by atoms with E-state index in [-0.39, 0.29) is 5.78 Å². The van der Waals surface area contributed by atoms with Gasteiger partial charge in [0.25, 0.3) is 0 Å². The fraction of sp³-hybridized carbons (Fsp3) is 0.150. The van der Waals surface area contributed by atoms with Gasteiger partial charge in [-0.25, -0.2) is 0 Å². The Hall–Kier alpha value is -2.61. The number of nitrogens with one attached hydrogen (secondary N) is 1. The molecule has 1 aliphatic carbocycles. The molecule has 1 heterocycles. The van der Waals surface area contributed by atoms with Gasteiger partial charge in [0.2, 0.25) is 0 Å². The molecule has 0 fully saturated rings. The lowest BCUT2D eigenvalue weighted by molar-refractivity contribution is 0.102. The van der Waals surface area contributed by atoms with Gasteiger partial charge >= 0.3 is 0 Å². The number of aromatic nitrogens is 1. The summed E-state index contributed by atoms with van der Waals surface area (Å²) in [4.78, 5) is 16.1. The molecule has 0 amide bonds. The first kappa shape index (κ1) is 13.1. The van der Waals surface area contributed by atoms with Crippen molar-refractivity contribution in [3.8, 4) is 0 Å². The Morgan fingerprint density at radius 3 is 2.68 bits per heavy atom. The van der Waals surface area contributed by atoms with E-state index in [2.05, 4.69) is 36.2 Å². The van der Waals surface area contributed by atoms with Gasteiger partial charge in [-0.1, -0.05) is 42.5 Å². The third kappa shape index (κ3) is 2.00. The number of carbonyl (C=O) groups excluding carboxylic acids is 1. The first-order valence-corrected chi connectivity index (χ1v) is 7.64. The standard InChI is InChI=1S/C20H17NO/c1-13-18(17-8-4-5-9-19(17)21-13)12-15-11-10-14-6-2-3-7-16(14)20(15)22/h2-9,12,21H,10-11H2,1H3/b15-12+. The van der Waals surface area contributed by atoms with Gasteiger partial charge in [0, 0.05) is 33.3 Å². The van der Waals surface area contributed by atoms with Crippen LogP contribution in [0.3, 0.4) is 0 Å². The van der Waals surface area contributed by atoms with E-state index in [1.807, 2.05) is 30.3 Å². The maximum absolute atomic E-state index is 12.7. The number of allylic oxidation sites excluding steroid dienone is 1. The van der Waals surface area contributed by atoms with Gasteiger partial charge in [-0.3, -0.25) is 4.79 Å². The van der Waals surface area contributed by atoms with Gasteiger partial charge in [0.1, 0.15) is 0 Å². The molecule has 1 N–H and O–H groups in total. The number of aromatic amines is 1. The van der Waals surface area contributed by atoms with Crippen LogP contribution < -0.4 is 0 Å². The Bertz CT molecular complexity index is 914. The van der Waals surface area contributed by atoms with Crippen molar-refractivity contribution < 1.29 is 4.79 Å². The average Bonchev–Trinajstić information content (AvgIpc) is 2.86. The Morgan fingerprint density at radius 2 is 1.77 bits per heavy atom. The van der Waals surface area contributed by atoms with Gasteiger partial charge in [-0.2, -0.15) is 0 Å². The minimum Gasteiger partial charge on any atom is -0.358 e. The molecule has 0 saturated heterocycles. The number of ketones is 1. The zero-order chi connectivity index (χ0) is 15.1. The molecule has 0 unspecified atom stereocenters. The molecule has 0 saturated carbocycles. The molecular weight excluding hydrogens is 270 g/mol. The van der Waals surface area contributed by atoms with Crippen molar-refractivity contribution in [2.75, 3.05) is 0 Å². The summed E-state index contributed by atoms with van der Waals surface area (Å²) in [6.07, 6.45) is 3.83. The van der Waals surface area contributed by atoms with Crippen LogP contribution in [0.4, 0.5) is 0 Å². The lowest BCUT2D eigenvalue weighted by atomic mass is 9.86. The van der Waals surface area contributed by atoms with Crippen LogP contribution in [0.15, 0.2) is 54.1 Å². The number of hydrogen-bond acceptors (Lipinski definition) is 1. The van der Waals surface area contributed by atoms with Gasteiger partial charge in [-0.05, 0) is 37.5 Å². The second kappa shape index (κ2) is 4.99. The smallest absolute Gasteiger partial charge is 0.189 e. The van der Waals surface area contributed by atoms with Crippen LogP contribution in [-0.2, 0) is 6.42 Å². The minimum absolute atomic E-state index is 0.173. The van der Waals surface area contributed by atoms with Crippen LogP contribution in [0.5, 0.6) is 0 Å². The largest absolute Gasteiger partial charge is 0.358 e. The molecule has 1 aliphatic rings. The van der Waals surface area contributed by atoms with E-state index in [1.165, 1.54) is 10.9 Å². The van der Waals surface area contributed by atoms with Crippen LogP contribution in [0.1, 0.15) is 33.6 Å². The first-order valence-electron chi connectivity index (χ1n) is 7.64. The number of rotatable bonds is 1. The van der Waals surface area contributed by atoms with Crippen molar-refractivity contribution in [2.45, 2.75) is 19.8 Å². The molecule has 0 spiro atoms. The average molecular weight is 287 g/mol. The zero-order valence-electron chi connectivity index (χ0n) is 12.5. The lowest BCUT2D eigenvalue weighted by Crippen LogP contribution is -2.13. The highest BCUT2D eigenvalue weighted by molar-refractivity contribution is 6.14. The Morgan fingerprint density at radius 1 is 1.00 bits per heavy atom. The van der Waals surface area contributed by atoms with Crippen LogP contribution in [0.25, 0.3) is 17.0 Å². The van der Waals surface area contributed by atoms with Gasteiger partial charge < -0.3 is 4.98 Å². The summed E-state index contributed by atoms with van der Waals surface area (Å²) in [6, 6.07) is 16.2. The lowest BCUT2D eigenvalue weighted by Gasteiger charge is -2.17. The highest BCUT2D eigenvalue weighted by Crippen LogP contribution is 2.30. The molecule has 1 aromatic heterocycles. The predicted molar refractivity (Wildman–Crippen MR) is 90.1 cm³/mol. The van der Waals surface area contributed by atoms with Crippen LogP contribution >= 0.6 is 0 Å². The van der Waals surface area contributed by atoms with Gasteiger partial charge in [0.15, 0.2) is 5.78 Å². The molecular formula is C20H17NO. The summed E-state index contributed by atoms with van der Waals surface area (Å²) in [5.74, 6) is 0.173. The zero-order valence-corrected chi connectivity index (χ0v) is 12.5. The normalized spacial score (nSPS) is 16.2. The number of aryl methyl sites for hydroxylation is 2. The topological polar surface area (TPSA) is 32.9 Å². The Labute approximate surface area is 129 Å². The quantitative estimate of drug-likeness (QED) is 0.647. The number of carbonyl (C=O) groups is 1. The van der Waals surface area contributed by atoms with E-state index >= 15 is 0 Å². The molecule has 108 valence electrons. The third-order valence-corrected chi connectivity index (χ3v) is 4.48. The molecule has 2 heteroatoms. The molecule has 0 bridgehead atoms. The van der Waals surface area contributed by atoms with Crippen LogP contribution in [0, 0.1) is 6.92 Å². The fourth-order valence-electron chi connectivity index (χ4n) is 3.31. The first-order chi connectivity index (χ1) is 10.7. The molecule has 22 heavy (non-hydrogen) atoms.